The highest BCUT2D eigenvalue weighted by atomic mass is 35.5. The van der Waals surface area contributed by atoms with Crippen LogP contribution in [0.5, 0.6) is 0 Å². The first-order valence-corrected chi connectivity index (χ1v) is 5.95. The number of halogens is 3. The van der Waals surface area contributed by atoms with E-state index < -0.39 is 0 Å². The highest BCUT2D eigenvalue weighted by molar-refractivity contribution is 6.41. The van der Waals surface area contributed by atoms with Gasteiger partial charge in [-0.1, -0.05) is 34.8 Å². The maximum absolute atomic E-state index is 12.0. The number of aromatic amines is 1. The maximum Gasteiger partial charge on any atom is 0.274 e. The topological polar surface area (TPSA) is 37.8 Å². The van der Waals surface area contributed by atoms with E-state index in [1.807, 2.05) is 0 Å². The molecule has 1 N–H and O–H groups in total. The summed E-state index contributed by atoms with van der Waals surface area (Å²) in [6.45, 7) is 1.79. The molecule has 1 aromatic carbocycles. The van der Waals surface area contributed by atoms with Crippen LogP contribution >= 0.6 is 34.8 Å². The molecule has 0 bridgehead atoms. The molecule has 0 unspecified atom stereocenters. The molecule has 0 amide bonds. The molecule has 6 heteroatoms. The normalized spacial score (nSPS) is 10.9. The summed E-state index contributed by atoms with van der Waals surface area (Å²) in [5.74, 6) is 0. The Kier molecular flexibility index (Phi) is 3.25. The van der Waals surface area contributed by atoms with Crippen molar-refractivity contribution in [1.29, 1.82) is 0 Å². The quantitative estimate of drug-likeness (QED) is 0.855. The summed E-state index contributed by atoms with van der Waals surface area (Å²) in [5.41, 5.74) is 1.52. The van der Waals surface area contributed by atoms with Crippen molar-refractivity contribution < 1.29 is 0 Å². The molecule has 0 radical (unpaired) electrons. The van der Waals surface area contributed by atoms with Gasteiger partial charge in [0, 0.05) is 23.3 Å². The van der Waals surface area contributed by atoms with Gasteiger partial charge in [-0.3, -0.25) is 14.6 Å². The summed E-state index contributed by atoms with van der Waals surface area (Å²) in [4.78, 5) is 12.0. The van der Waals surface area contributed by atoms with Crippen molar-refractivity contribution in [2.24, 2.45) is 7.05 Å². The van der Waals surface area contributed by atoms with Gasteiger partial charge in [-0.25, -0.2) is 0 Å². The minimum Gasteiger partial charge on any atom is -0.300 e. The van der Waals surface area contributed by atoms with Gasteiger partial charge in [0.1, 0.15) is 0 Å². The van der Waals surface area contributed by atoms with Crippen LogP contribution in [-0.2, 0) is 7.05 Å². The fourth-order valence-electron chi connectivity index (χ4n) is 1.76. The third-order valence-corrected chi connectivity index (χ3v) is 3.30. The molecular weight excluding hydrogens is 282 g/mol. The lowest BCUT2D eigenvalue weighted by atomic mass is 10.1. The molecule has 1 aromatic heterocycles. The SMILES string of the molecule is Cc1[nH]n(C)c(=O)c1-c1c(Cl)cc(Cl)cc1Cl. The Morgan fingerprint density at radius 1 is 1.12 bits per heavy atom. The number of hydrogen-bond donors (Lipinski definition) is 1. The Hall–Kier alpha value is -0.900. The second kappa shape index (κ2) is 4.41. The van der Waals surface area contributed by atoms with Gasteiger partial charge in [-0.15, -0.1) is 0 Å². The van der Waals surface area contributed by atoms with Crippen molar-refractivity contribution in [3.8, 4) is 11.1 Å². The largest absolute Gasteiger partial charge is 0.300 e. The molecule has 90 valence electrons. The van der Waals surface area contributed by atoms with Crippen LogP contribution in [0.1, 0.15) is 5.69 Å². The zero-order chi connectivity index (χ0) is 12.7. The van der Waals surface area contributed by atoms with Crippen LogP contribution in [0.4, 0.5) is 0 Å². The van der Waals surface area contributed by atoms with Crippen molar-refractivity contribution in [3.63, 3.8) is 0 Å². The first-order chi connectivity index (χ1) is 7.91. The lowest BCUT2D eigenvalue weighted by Crippen LogP contribution is -2.13. The molecular formula is C11H9Cl3N2O. The number of nitrogens with zero attached hydrogens (tertiary/aromatic N) is 1. The minimum atomic E-state index is -0.173. The van der Waals surface area contributed by atoms with E-state index in [-0.39, 0.29) is 5.56 Å². The van der Waals surface area contributed by atoms with Gasteiger partial charge in [0.25, 0.3) is 5.56 Å². The van der Waals surface area contributed by atoms with Gasteiger partial charge in [-0.05, 0) is 19.1 Å². The second-order valence-electron chi connectivity index (χ2n) is 3.72. The Morgan fingerprint density at radius 3 is 2.06 bits per heavy atom. The standard InChI is InChI=1S/C11H9Cl3N2O/c1-5-9(11(17)16(2)15-5)10-7(13)3-6(12)4-8(10)14/h3-4,15H,1-2H3. The van der Waals surface area contributed by atoms with E-state index in [0.717, 1.165) is 0 Å². The van der Waals surface area contributed by atoms with E-state index in [4.69, 9.17) is 34.8 Å². The number of aromatic nitrogens is 2. The minimum absolute atomic E-state index is 0.173. The molecule has 0 spiro atoms. The zero-order valence-electron chi connectivity index (χ0n) is 9.14. The number of H-pyrrole nitrogens is 1. The molecule has 0 saturated heterocycles. The Morgan fingerprint density at radius 2 is 1.65 bits per heavy atom. The molecule has 2 aromatic rings. The maximum atomic E-state index is 12.0. The van der Waals surface area contributed by atoms with Crippen LogP contribution in [-0.4, -0.2) is 9.78 Å². The Bertz CT molecular complexity index is 620. The number of rotatable bonds is 1. The molecule has 17 heavy (non-hydrogen) atoms. The van der Waals surface area contributed by atoms with E-state index in [1.54, 1.807) is 26.1 Å². The van der Waals surface area contributed by atoms with Crippen LogP contribution in [0, 0.1) is 6.92 Å². The molecule has 0 atom stereocenters. The van der Waals surface area contributed by atoms with Crippen molar-refractivity contribution in [1.82, 2.24) is 9.78 Å². The number of hydrogen-bond acceptors (Lipinski definition) is 1. The van der Waals surface area contributed by atoms with Gasteiger partial charge < -0.3 is 0 Å². The molecule has 0 aliphatic rings. The molecule has 0 fully saturated rings. The third kappa shape index (κ3) is 2.10. The monoisotopic (exact) mass is 290 g/mol. The predicted molar refractivity (Wildman–Crippen MR) is 71.2 cm³/mol. The summed E-state index contributed by atoms with van der Waals surface area (Å²) in [6, 6.07) is 3.13. The van der Waals surface area contributed by atoms with Crippen molar-refractivity contribution >= 4 is 34.8 Å². The zero-order valence-corrected chi connectivity index (χ0v) is 11.4. The third-order valence-electron chi connectivity index (χ3n) is 2.49. The molecule has 0 aliphatic heterocycles. The van der Waals surface area contributed by atoms with Gasteiger partial charge in [-0.2, -0.15) is 0 Å². The first kappa shape index (κ1) is 12.6. The van der Waals surface area contributed by atoms with Gasteiger partial charge in [0.15, 0.2) is 0 Å². The Labute approximate surface area is 113 Å². The smallest absolute Gasteiger partial charge is 0.274 e. The summed E-state index contributed by atoms with van der Waals surface area (Å²) < 4.78 is 1.38. The second-order valence-corrected chi connectivity index (χ2v) is 4.97. The first-order valence-electron chi connectivity index (χ1n) is 4.82. The predicted octanol–water partition coefficient (Wildman–Crippen LogP) is 3.65. The summed E-state index contributed by atoms with van der Waals surface area (Å²) in [5, 5.41) is 4.06. The van der Waals surface area contributed by atoms with Crippen LogP contribution < -0.4 is 5.56 Å². The van der Waals surface area contributed by atoms with Crippen molar-refractivity contribution in [2.45, 2.75) is 6.92 Å². The Balaban J connectivity index is 2.82. The van der Waals surface area contributed by atoms with Crippen LogP contribution in [0.15, 0.2) is 16.9 Å². The van der Waals surface area contributed by atoms with Crippen molar-refractivity contribution in [3.05, 3.63) is 43.2 Å². The van der Waals surface area contributed by atoms with Crippen LogP contribution in [0.2, 0.25) is 15.1 Å². The highest BCUT2D eigenvalue weighted by Crippen LogP contribution is 2.36. The van der Waals surface area contributed by atoms with E-state index in [0.29, 0.717) is 31.9 Å². The lowest BCUT2D eigenvalue weighted by molar-refractivity contribution is 0.731. The van der Waals surface area contributed by atoms with Crippen molar-refractivity contribution in [2.75, 3.05) is 0 Å². The van der Waals surface area contributed by atoms with Crippen LogP contribution in [0.25, 0.3) is 11.1 Å². The molecule has 3 nitrogen and oxygen atoms in total. The van der Waals surface area contributed by atoms with Gasteiger partial charge >= 0.3 is 0 Å². The average molecular weight is 292 g/mol. The highest BCUT2D eigenvalue weighted by Gasteiger charge is 2.18. The van der Waals surface area contributed by atoms with E-state index in [9.17, 15) is 4.79 Å². The molecule has 2 rings (SSSR count). The molecule has 0 aliphatic carbocycles. The van der Waals surface area contributed by atoms with Crippen LogP contribution in [0.3, 0.4) is 0 Å². The lowest BCUT2D eigenvalue weighted by Gasteiger charge is -2.05. The van der Waals surface area contributed by atoms with E-state index >= 15 is 0 Å². The average Bonchev–Trinajstić information content (AvgIpc) is 2.43. The molecule has 0 saturated carbocycles. The summed E-state index contributed by atoms with van der Waals surface area (Å²) >= 11 is 18.0. The summed E-state index contributed by atoms with van der Waals surface area (Å²) in [7, 11) is 1.64. The van der Waals surface area contributed by atoms with Gasteiger partial charge in [0.05, 0.1) is 15.6 Å². The number of aryl methyl sites for hydroxylation is 2. The van der Waals surface area contributed by atoms with E-state index in [1.165, 1.54) is 4.68 Å². The fraction of sp³-hybridized carbons (Fsp3) is 0.182. The van der Waals surface area contributed by atoms with E-state index in [2.05, 4.69) is 5.10 Å². The number of nitrogens with one attached hydrogen (secondary N) is 1. The van der Waals surface area contributed by atoms with Gasteiger partial charge in [0.2, 0.25) is 0 Å². The fourth-order valence-corrected chi connectivity index (χ4v) is 2.77. The number of benzene rings is 1. The summed E-state index contributed by atoms with van der Waals surface area (Å²) in [6.07, 6.45) is 0. The molecule has 1 heterocycles.